The van der Waals surface area contributed by atoms with Crippen LogP contribution in [0.1, 0.15) is 40.6 Å². The average Bonchev–Trinajstić information content (AvgIpc) is 3.04. The molecular weight excluding hydrogens is 380 g/mol. The molecule has 7 nitrogen and oxygen atoms in total. The molecule has 2 amide bonds. The smallest absolute Gasteiger partial charge is 0.407 e. The van der Waals surface area contributed by atoms with E-state index in [0.29, 0.717) is 29.5 Å². The molecule has 0 fully saturated rings. The number of amides is 2. The van der Waals surface area contributed by atoms with Gasteiger partial charge in [0.05, 0.1) is 11.6 Å². The summed E-state index contributed by atoms with van der Waals surface area (Å²) in [5.41, 5.74) is 1.67. The van der Waals surface area contributed by atoms with E-state index in [2.05, 4.69) is 10.6 Å². The number of nitrogens with one attached hydrogen (secondary N) is 2. The molecule has 0 saturated carbocycles. The van der Waals surface area contributed by atoms with Crippen molar-refractivity contribution in [1.82, 2.24) is 5.32 Å². The number of hydrogen-bond acceptors (Lipinski definition) is 6. The van der Waals surface area contributed by atoms with Gasteiger partial charge in [0, 0.05) is 13.0 Å². The molecule has 0 aliphatic heterocycles. The molecule has 1 aromatic carbocycles. The summed E-state index contributed by atoms with van der Waals surface area (Å²) in [6.07, 6.45) is 0.198. The molecule has 1 heterocycles. The predicted octanol–water partition coefficient (Wildman–Crippen LogP) is 3.88. The maximum Gasteiger partial charge on any atom is 0.407 e. The van der Waals surface area contributed by atoms with E-state index in [0.717, 1.165) is 11.1 Å². The number of carbonyl (C=O) groups is 3. The second kappa shape index (κ2) is 11.1. The summed E-state index contributed by atoms with van der Waals surface area (Å²) < 4.78 is 10.1. The summed E-state index contributed by atoms with van der Waals surface area (Å²) in [6, 6.07) is 11.1. The number of carbonyl (C=O) groups excluding carboxylic acids is 3. The van der Waals surface area contributed by atoms with Gasteiger partial charge in [0.15, 0.2) is 0 Å². The second-order valence-electron chi connectivity index (χ2n) is 5.98. The van der Waals surface area contributed by atoms with Crippen molar-refractivity contribution in [2.75, 3.05) is 18.5 Å². The third-order valence-corrected chi connectivity index (χ3v) is 4.84. The Morgan fingerprint density at radius 2 is 1.86 bits per heavy atom. The lowest BCUT2D eigenvalue weighted by Gasteiger charge is -2.07. The van der Waals surface area contributed by atoms with Crippen LogP contribution in [-0.4, -0.2) is 31.1 Å². The summed E-state index contributed by atoms with van der Waals surface area (Å²) >= 11 is 1.19. The Bertz CT molecular complexity index is 804. The minimum absolute atomic E-state index is 0.184. The Kier molecular flexibility index (Phi) is 8.48. The monoisotopic (exact) mass is 404 g/mol. The van der Waals surface area contributed by atoms with Crippen molar-refractivity contribution in [3.63, 3.8) is 0 Å². The zero-order chi connectivity index (χ0) is 20.4. The molecule has 1 aromatic heterocycles. The molecule has 2 N–H and O–H groups in total. The van der Waals surface area contributed by atoms with Gasteiger partial charge in [-0.3, -0.25) is 4.79 Å². The summed E-state index contributed by atoms with van der Waals surface area (Å²) in [5.74, 6) is -0.570. The normalized spacial score (nSPS) is 10.2. The van der Waals surface area contributed by atoms with Crippen LogP contribution in [-0.2, 0) is 20.9 Å². The van der Waals surface area contributed by atoms with Crippen LogP contribution in [0, 0.1) is 6.92 Å². The Morgan fingerprint density at radius 1 is 1.11 bits per heavy atom. The number of ether oxygens (including phenoxy) is 2. The van der Waals surface area contributed by atoms with Gasteiger partial charge in [-0.15, -0.1) is 11.3 Å². The van der Waals surface area contributed by atoms with Crippen molar-refractivity contribution >= 4 is 34.3 Å². The zero-order valence-electron chi connectivity index (χ0n) is 15.9. The molecule has 150 valence electrons. The molecule has 0 aliphatic rings. The van der Waals surface area contributed by atoms with Crippen molar-refractivity contribution in [3.8, 4) is 0 Å². The van der Waals surface area contributed by atoms with Gasteiger partial charge in [0.25, 0.3) is 0 Å². The van der Waals surface area contributed by atoms with E-state index in [1.54, 1.807) is 19.9 Å². The first-order chi connectivity index (χ1) is 13.5. The lowest BCUT2D eigenvalue weighted by Crippen LogP contribution is -2.26. The maximum absolute atomic E-state index is 12.0. The third-order valence-electron chi connectivity index (χ3n) is 3.70. The lowest BCUT2D eigenvalue weighted by atomic mass is 10.2. The molecule has 0 unspecified atom stereocenters. The van der Waals surface area contributed by atoms with Gasteiger partial charge in [-0.05, 0) is 37.5 Å². The van der Waals surface area contributed by atoms with E-state index < -0.39 is 6.09 Å². The summed E-state index contributed by atoms with van der Waals surface area (Å²) in [5, 5.41) is 5.98. The van der Waals surface area contributed by atoms with Gasteiger partial charge in [0.1, 0.15) is 11.5 Å². The standard InChI is InChI=1S/C20H24N2O5S/c1-3-26-19(24)18-14(2)12-17(28-18)22-16(23)10-7-11-21-20(25)27-13-15-8-5-4-6-9-15/h4-6,8-9,12H,3,7,10-11,13H2,1-2H3,(H,21,25)(H,22,23). The quantitative estimate of drug-likeness (QED) is 0.489. The number of thiophene rings is 1. The molecule has 0 atom stereocenters. The minimum Gasteiger partial charge on any atom is -0.462 e. The van der Waals surface area contributed by atoms with Gasteiger partial charge < -0.3 is 20.1 Å². The van der Waals surface area contributed by atoms with Crippen molar-refractivity contribution in [3.05, 3.63) is 52.4 Å². The highest BCUT2D eigenvalue weighted by Gasteiger charge is 2.15. The highest BCUT2D eigenvalue weighted by atomic mass is 32.1. The molecule has 2 rings (SSSR count). The van der Waals surface area contributed by atoms with Gasteiger partial charge >= 0.3 is 12.1 Å². The van der Waals surface area contributed by atoms with Crippen molar-refractivity contribution in [2.24, 2.45) is 0 Å². The minimum atomic E-state index is -0.516. The first kappa shape index (κ1) is 21.4. The first-order valence-corrected chi connectivity index (χ1v) is 9.83. The Hall–Kier alpha value is -2.87. The van der Waals surface area contributed by atoms with E-state index >= 15 is 0 Å². The highest BCUT2D eigenvalue weighted by Crippen LogP contribution is 2.27. The molecule has 0 saturated heterocycles. The predicted molar refractivity (Wildman–Crippen MR) is 108 cm³/mol. The van der Waals surface area contributed by atoms with E-state index in [-0.39, 0.29) is 24.9 Å². The molecule has 0 bridgehead atoms. The van der Waals surface area contributed by atoms with Crippen LogP contribution in [0.5, 0.6) is 0 Å². The molecular formula is C20H24N2O5S. The van der Waals surface area contributed by atoms with Crippen molar-refractivity contribution in [2.45, 2.75) is 33.3 Å². The fraction of sp³-hybridized carbons (Fsp3) is 0.350. The number of anilines is 1. The largest absolute Gasteiger partial charge is 0.462 e. The van der Waals surface area contributed by atoms with Crippen molar-refractivity contribution < 1.29 is 23.9 Å². The fourth-order valence-electron chi connectivity index (χ4n) is 2.36. The number of hydrogen-bond donors (Lipinski definition) is 2. The Morgan fingerprint density at radius 3 is 2.57 bits per heavy atom. The molecule has 0 aliphatic carbocycles. The fourth-order valence-corrected chi connectivity index (χ4v) is 3.34. The van der Waals surface area contributed by atoms with Gasteiger partial charge in [0.2, 0.25) is 5.91 Å². The van der Waals surface area contributed by atoms with Gasteiger partial charge in [-0.1, -0.05) is 30.3 Å². The topological polar surface area (TPSA) is 93.7 Å². The van der Waals surface area contributed by atoms with Crippen molar-refractivity contribution in [1.29, 1.82) is 0 Å². The SMILES string of the molecule is CCOC(=O)c1sc(NC(=O)CCCNC(=O)OCc2ccccc2)cc1C. The lowest BCUT2D eigenvalue weighted by molar-refractivity contribution is -0.116. The van der Waals surface area contributed by atoms with Gasteiger partial charge in [-0.2, -0.15) is 0 Å². The number of aryl methyl sites for hydroxylation is 1. The average molecular weight is 404 g/mol. The van der Waals surface area contributed by atoms with Gasteiger partial charge in [-0.25, -0.2) is 9.59 Å². The van der Waals surface area contributed by atoms with Crippen LogP contribution < -0.4 is 10.6 Å². The summed E-state index contributed by atoms with van der Waals surface area (Å²) in [6.45, 7) is 4.38. The van der Waals surface area contributed by atoms with Crippen LogP contribution in [0.15, 0.2) is 36.4 Å². The molecule has 2 aromatic rings. The second-order valence-corrected chi connectivity index (χ2v) is 7.04. The summed E-state index contributed by atoms with van der Waals surface area (Å²) in [7, 11) is 0. The number of alkyl carbamates (subject to hydrolysis) is 1. The third kappa shape index (κ3) is 7.03. The molecule has 8 heteroatoms. The highest BCUT2D eigenvalue weighted by molar-refractivity contribution is 7.18. The number of rotatable bonds is 9. The molecule has 0 spiro atoms. The number of benzene rings is 1. The van der Waals surface area contributed by atoms with Crippen LogP contribution in [0.3, 0.4) is 0 Å². The van der Waals surface area contributed by atoms with E-state index in [4.69, 9.17) is 9.47 Å². The maximum atomic E-state index is 12.0. The number of esters is 1. The summed E-state index contributed by atoms with van der Waals surface area (Å²) in [4.78, 5) is 35.9. The molecule has 28 heavy (non-hydrogen) atoms. The Labute approximate surface area is 168 Å². The molecule has 0 radical (unpaired) electrons. The van der Waals surface area contributed by atoms with Crippen LogP contribution in [0.4, 0.5) is 9.80 Å². The zero-order valence-corrected chi connectivity index (χ0v) is 16.8. The van der Waals surface area contributed by atoms with E-state index in [1.165, 1.54) is 11.3 Å². The van der Waals surface area contributed by atoms with E-state index in [1.807, 2.05) is 30.3 Å². The first-order valence-electron chi connectivity index (χ1n) is 9.01. The van der Waals surface area contributed by atoms with E-state index in [9.17, 15) is 14.4 Å². The Balaban J connectivity index is 1.65. The van der Waals surface area contributed by atoms with Crippen LogP contribution in [0.2, 0.25) is 0 Å². The van der Waals surface area contributed by atoms with Crippen LogP contribution in [0.25, 0.3) is 0 Å². The van der Waals surface area contributed by atoms with Crippen LogP contribution >= 0.6 is 11.3 Å².